The van der Waals surface area contributed by atoms with Crippen LogP contribution in [0.2, 0.25) is 0 Å². The van der Waals surface area contributed by atoms with E-state index in [1.54, 1.807) is 0 Å². The molecule has 0 aliphatic heterocycles. The Bertz CT molecular complexity index is 1330. The minimum absolute atomic E-state index is 1.04. The SMILES string of the molecule is c1ccc(-c2cc(-c3ccccc3)c3c(n2)-c2sc4ccccc4c2CC3)cc1. The Morgan fingerprint density at radius 3 is 2.10 bits per heavy atom. The normalized spacial score (nSPS) is 12.6. The molecule has 1 nitrogen and oxygen atoms in total. The van der Waals surface area contributed by atoms with Gasteiger partial charge in [-0.05, 0) is 52.6 Å². The molecule has 0 unspecified atom stereocenters. The van der Waals surface area contributed by atoms with Gasteiger partial charge in [-0.3, -0.25) is 0 Å². The number of hydrogen-bond acceptors (Lipinski definition) is 2. The van der Waals surface area contributed by atoms with Crippen LogP contribution >= 0.6 is 11.3 Å². The third kappa shape index (κ3) is 2.72. The molecule has 0 fully saturated rings. The average Bonchev–Trinajstić information content (AvgIpc) is 3.19. The van der Waals surface area contributed by atoms with E-state index in [1.807, 2.05) is 11.3 Å². The number of rotatable bonds is 2. The first-order chi connectivity index (χ1) is 14.4. The van der Waals surface area contributed by atoms with Crippen molar-refractivity contribution in [2.45, 2.75) is 12.8 Å². The highest BCUT2D eigenvalue weighted by Gasteiger charge is 2.25. The molecule has 0 spiro atoms. The molecular formula is C27H19NS. The van der Waals surface area contributed by atoms with Crippen molar-refractivity contribution in [2.24, 2.45) is 0 Å². The summed E-state index contributed by atoms with van der Waals surface area (Å²) in [5, 5.41) is 1.39. The van der Waals surface area contributed by atoms with Gasteiger partial charge in [0.1, 0.15) is 0 Å². The maximum Gasteiger partial charge on any atom is 0.0850 e. The van der Waals surface area contributed by atoms with Crippen molar-refractivity contribution in [3.05, 3.63) is 102 Å². The molecule has 0 saturated carbocycles. The molecule has 2 heteroatoms. The molecular weight excluding hydrogens is 370 g/mol. The molecule has 0 saturated heterocycles. The molecule has 3 aromatic carbocycles. The van der Waals surface area contributed by atoms with E-state index in [-0.39, 0.29) is 0 Å². The number of pyridine rings is 1. The van der Waals surface area contributed by atoms with E-state index in [2.05, 4.69) is 91.0 Å². The lowest BCUT2D eigenvalue weighted by atomic mass is 9.87. The molecule has 29 heavy (non-hydrogen) atoms. The second-order valence-electron chi connectivity index (χ2n) is 7.52. The summed E-state index contributed by atoms with van der Waals surface area (Å²) >= 11 is 1.89. The zero-order valence-electron chi connectivity index (χ0n) is 15.9. The fraction of sp³-hybridized carbons (Fsp3) is 0.0741. The van der Waals surface area contributed by atoms with Crippen LogP contribution in [0, 0.1) is 0 Å². The van der Waals surface area contributed by atoms with Crippen LogP contribution in [0.5, 0.6) is 0 Å². The molecule has 0 atom stereocenters. The first kappa shape index (κ1) is 16.7. The number of nitrogens with zero attached hydrogens (tertiary/aromatic N) is 1. The molecule has 6 rings (SSSR count). The zero-order valence-corrected chi connectivity index (χ0v) is 16.7. The Balaban J connectivity index is 1.67. The van der Waals surface area contributed by atoms with Crippen molar-refractivity contribution in [1.82, 2.24) is 4.98 Å². The standard InChI is InChI=1S/C27H19NS/c1-3-9-18(10-4-1)23-17-24(19-11-5-2-6-12-19)28-26-21(23)15-16-22-20-13-7-8-14-25(20)29-27(22)26/h1-14,17H,15-16H2. The highest BCUT2D eigenvalue weighted by molar-refractivity contribution is 7.22. The summed E-state index contributed by atoms with van der Waals surface area (Å²) in [5.41, 5.74) is 8.83. The number of fused-ring (bicyclic) bond motifs is 5. The highest BCUT2D eigenvalue weighted by atomic mass is 32.1. The molecule has 138 valence electrons. The van der Waals surface area contributed by atoms with Gasteiger partial charge in [-0.2, -0.15) is 0 Å². The Hall–Kier alpha value is -3.23. The van der Waals surface area contributed by atoms with Crippen LogP contribution in [0.25, 0.3) is 43.0 Å². The molecule has 1 aliphatic carbocycles. The number of hydrogen-bond donors (Lipinski definition) is 0. The molecule has 0 radical (unpaired) electrons. The van der Waals surface area contributed by atoms with Gasteiger partial charge < -0.3 is 0 Å². The van der Waals surface area contributed by atoms with Gasteiger partial charge in [-0.25, -0.2) is 4.98 Å². The lowest BCUT2D eigenvalue weighted by Crippen LogP contribution is -2.06. The van der Waals surface area contributed by atoms with Crippen LogP contribution in [-0.4, -0.2) is 4.98 Å². The monoisotopic (exact) mass is 389 g/mol. The fourth-order valence-electron chi connectivity index (χ4n) is 4.43. The van der Waals surface area contributed by atoms with Crippen molar-refractivity contribution < 1.29 is 0 Å². The minimum Gasteiger partial charge on any atom is -0.247 e. The summed E-state index contributed by atoms with van der Waals surface area (Å²) in [6.45, 7) is 0. The molecule has 0 bridgehead atoms. The van der Waals surface area contributed by atoms with Crippen molar-refractivity contribution in [3.8, 4) is 33.0 Å². The van der Waals surface area contributed by atoms with Crippen LogP contribution < -0.4 is 0 Å². The first-order valence-electron chi connectivity index (χ1n) is 10.0. The Morgan fingerprint density at radius 1 is 0.655 bits per heavy atom. The smallest absolute Gasteiger partial charge is 0.0850 e. The van der Waals surface area contributed by atoms with Crippen molar-refractivity contribution in [3.63, 3.8) is 0 Å². The number of benzene rings is 3. The number of thiophene rings is 1. The van der Waals surface area contributed by atoms with E-state index >= 15 is 0 Å². The van der Waals surface area contributed by atoms with Gasteiger partial charge in [0.2, 0.25) is 0 Å². The van der Waals surface area contributed by atoms with Crippen molar-refractivity contribution in [1.29, 1.82) is 0 Å². The van der Waals surface area contributed by atoms with Crippen molar-refractivity contribution >= 4 is 21.4 Å². The van der Waals surface area contributed by atoms with Gasteiger partial charge in [0.05, 0.1) is 16.3 Å². The van der Waals surface area contributed by atoms with Gasteiger partial charge in [-0.15, -0.1) is 11.3 Å². The van der Waals surface area contributed by atoms with E-state index in [0.717, 1.165) is 18.5 Å². The topological polar surface area (TPSA) is 12.9 Å². The zero-order chi connectivity index (χ0) is 19.2. The van der Waals surface area contributed by atoms with E-state index in [0.29, 0.717) is 0 Å². The third-order valence-electron chi connectivity index (χ3n) is 5.82. The second-order valence-corrected chi connectivity index (χ2v) is 8.57. The van der Waals surface area contributed by atoms with E-state index in [9.17, 15) is 0 Å². The van der Waals surface area contributed by atoms with Crippen LogP contribution in [0.3, 0.4) is 0 Å². The van der Waals surface area contributed by atoms with Crippen molar-refractivity contribution in [2.75, 3.05) is 0 Å². The molecule has 5 aromatic rings. The molecule has 1 aliphatic rings. The molecule has 0 amide bonds. The van der Waals surface area contributed by atoms with Crippen LogP contribution in [0.4, 0.5) is 0 Å². The maximum absolute atomic E-state index is 5.22. The molecule has 0 N–H and O–H groups in total. The lowest BCUT2D eigenvalue weighted by Gasteiger charge is -2.21. The van der Waals surface area contributed by atoms with Crippen LogP contribution in [0.1, 0.15) is 11.1 Å². The summed E-state index contributed by atoms with van der Waals surface area (Å²) in [4.78, 5) is 6.57. The average molecular weight is 390 g/mol. The lowest BCUT2D eigenvalue weighted by molar-refractivity contribution is 0.946. The van der Waals surface area contributed by atoms with Gasteiger partial charge in [0.15, 0.2) is 0 Å². The fourth-order valence-corrected chi connectivity index (χ4v) is 5.70. The number of aromatic nitrogens is 1. The van der Waals surface area contributed by atoms with Gasteiger partial charge in [0.25, 0.3) is 0 Å². The molecule has 2 aromatic heterocycles. The summed E-state index contributed by atoms with van der Waals surface area (Å²) in [6.07, 6.45) is 2.12. The van der Waals surface area contributed by atoms with Crippen LogP contribution in [-0.2, 0) is 12.8 Å². The quantitative estimate of drug-likeness (QED) is 0.306. The third-order valence-corrected chi connectivity index (χ3v) is 7.04. The molecule has 2 heterocycles. The van der Waals surface area contributed by atoms with Gasteiger partial charge >= 0.3 is 0 Å². The van der Waals surface area contributed by atoms with E-state index < -0.39 is 0 Å². The summed E-state index contributed by atoms with van der Waals surface area (Å²) in [5.74, 6) is 0. The van der Waals surface area contributed by atoms with E-state index in [1.165, 1.54) is 48.5 Å². The Morgan fingerprint density at radius 2 is 1.31 bits per heavy atom. The Kier molecular flexibility index (Phi) is 3.85. The minimum atomic E-state index is 1.04. The summed E-state index contributed by atoms with van der Waals surface area (Å²) in [7, 11) is 0. The predicted molar refractivity (Wildman–Crippen MR) is 123 cm³/mol. The summed E-state index contributed by atoms with van der Waals surface area (Å²) in [6, 6.07) is 32.3. The predicted octanol–water partition coefficient (Wildman–Crippen LogP) is 7.40. The number of aryl methyl sites for hydroxylation is 1. The van der Waals surface area contributed by atoms with Gasteiger partial charge in [-0.1, -0.05) is 78.9 Å². The van der Waals surface area contributed by atoms with E-state index in [4.69, 9.17) is 4.98 Å². The second kappa shape index (κ2) is 6.68. The maximum atomic E-state index is 5.22. The summed E-state index contributed by atoms with van der Waals surface area (Å²) < 4.78 is 1.36. The largest absolute Gasteiger partial charge is 0.247 e. The highest BCUT2D eigenvalue weighted by Crippen LogP contribution is 2.46. The van der Waals surface area contributed by atoms with Gasteiger partial charge in [0, 0.05) is 10.3 Å². The van der Waals surface area contributed by atoms with Crippen LogP contribution in [0.15, 0.2) is 91.0 Å². The first-order valence-corrected chi connectivity index (χ1v) is 10.9. The Labute approximate surface area is 174 Å².